The van der Waals surface area contributed by atoms with Crippen molar-refractivity contribution in [3.63, 3.8) is 0 Å². The van der Waals surface area contributed by atoms with Gasteiger partial charge in [0.1, 0.15) is 11.2 Å². The van der Waals surface area contributed by atoms with Crippen molar-refractivity contribution in [2.24, 2.45) is 5.41 Å². The Labute approximate surface area is 150 Å². The highest BCUT2D eigenvalue weighted by Crippen LogP contribution is 2.28. The van der Waals surface area contributed by atoms with Crippen molar-refractivity contribution in [1.29, 1.82) is 0 Å². The largest absolute Gasteiger partial charge is 0.384 e. The Morgan fingerprint density at radius 2 is 2.29 bits per heavy atom. The summed E-state index contributed by atoms with van der Waals surface area (Å²) in [5.41, 5.74) is 0.700. The number of tetrazole rings is 1. The topological polar surface area (TPSA) is 94.0 Å². The van der Waals surface area contributed by atoms with Crippen LogP contribution in [0.1, 0.15) is 22.5 Å². The van der Waals surface area contributed by atoms with Crippen molar-refractivity contribution in [3.05, 3.63) is 22.7 Å². The number of methoxy groups -OCH3 is 1. The highest BCUT2D eigenvalue weighted by atomic mass is 35.5. The van der Waals surface area contributed by atoms with Crippen LogP contribution in [0.4, 0.5) is 0 Å². The first kappa shape index (κ1) is 18.8. The quantitative estimate of drug-likeness (QED) is 0.782. The van der Waals surface area contributed by atoms with Crippen LogP contribution < -0.4 is 10.6 Å². The van der Waals surface area contributed by atoms with Crippen LogP contribution in [0.15, 0.2) is 17.8 Å². The van der Waals surface area contributed by atoms with Crippen LogP contribution in [-0.2, 0) is 4.74 Å². The molecule has 1 aliphatic heterocycles. The van der Waals surface area contributed by atoms with Gasteiger partial charge >= 0.3 is 0 Å². The van der Waals surface area contributed by atoms with E-state index >= 15 is 0 Å². The van der Waals surface area contributed by atoms with Crippen molar-refractivity contribution in [2.45, 2.75) is 12.8 Å². The van der Waals surface area contributed by atoms with Crippen LogP contribution in [0.25, 0.3) is 5.69 Å². The number of hydrogen-bond acceptors (Lipinski definition) is 7. The van der Waals surface area contributed by atoms with Crippen LogP contribution in [0.2, 0.25) is 0 Å². The minimum atomic E-state index is -0.0977. The standard InChI is InChI=1S/C14H20N6O2S.ClH/c1-22-9-14(3-5-15-6-4-14)8-16-13(21)12-11(2-7-23-12)20-10-17-18-19-20;/h2,7,10,15H,3-6,8-9H2,1H3,(H,16,21);1H. The summed E-state index contributed by atoms with van der Waals surface area (Å²) < 4.78 is 6.88. The lowest BCUT2D eigenvalue weighted by Gasteiger charge is -2.37. The second-order valence-electron chi connectivity index (χ2n) is 5.76. The maximum Gasteiger partial charge on any atom is 0.263 e. The van der Waals surface area contributed by atoms with Gasteiger partial charge in [-0.05, 0) is 47.8 Å². The molecular weight excluding hydrogens is 352 g/mol. The van der Waals surface area contributed by atoms with Gasteiger partial charge in [0.2, 0.25) is 0 Å². The number of aromatic nitrogens is 4. The first-order chi connectivity index (χ1) is 11.2. The van der Waals surface area contributed by atoms with Crippen LogP contribution in [0.3, 0.4) is 0 Å². The highest BCUT2D eigenvalue weighted by Gasteiger charge is 2.33. The van der Waals surface area contributed by atoms with Gasteiger partial charge in [-0.3, -0.25) is 4.79 Å². The van der Waals surface area contributed by atoms with Gasteiger partial charge in [-0.15, -0.1) is 28.8 Å². The number of carbonyl (C=O) groups excluding carboxylic acids is 1. The summed E-state index contributed by atoms with van der Waals surface area (Å²) in [6, 6.07) is 1.84. The third-order valence-electron chi connectivity index (χ3n) is 4.19. The van der Waals surface area contributed by atoms with E-state index in [9.17, 15) is 4.79 Å². The zero-order valence-corrected chi connectivity index (χ0v) is 15.0. The van der Waals surface area contributed by atoms with E-state index < -0.39 is 0 Å². The molecule has 3 rings (SSSR count). The maximum absolute atomic E-state index is 12.6. The van der Waals surface area contributed by atoms with E-state index in [-0.39, 0.29) is 23.7 Å². The van der Waals surface area contributed by atoms with Gasteiger partial charge in [-0.1, -0.05) is 0 Å². The summed E-state index contributed by atoms with van der Waals surface area (Å²) >= 11 is 1.38. The third kappa shape index (κ3) is 4.10. The summed E-state index contributed by atoms with van der Waals surface area (Å²) in [7, 11) is 1.71. The third-order valence-corrected chi connectivity index (χ3v) is 5.09. The first-order valence-corrected chi connectivity index (χ1v) is 8.41. The molecule has 0 spiro atoms. The molecular formula is C14H21ClN6O2S. The summed E-state index contributed by atoms with van der Waals surface area (Å²) in [6.45, 7) is 3.16. The molecule has 1 fully saturated rings. The lowest BCUT2D eigenvalue weighted by molar-refractivity contribution is 0.0512. The zero-order valence-electron chi connectivity index (χ0n) is 13.4. The van der Waals surface area contributed by atoms with Gasteiger partial charge in [-0.2, -0.15) is 4.68 Å². The predicted molar refractivity (Wildman–Crippen MR) is 93.0 cm³/mol. The molecule has 0 radical (unpaired) electrons. The molecule has 8 nitrogen and oxygen atoms in total. The second-order valence-corrected chi connectivity index (χ2v) is 6.67. The number of piperidine rings is 1. The molecule has 1 saturated heterocycles. The number of nitrogens with zero attached hydrogens (tertiary/aromatic N) is 4. The lowest BCUT2D eigenvalue weighted by atomic mass is 9.79. The Morgan fingerprint density at radius 3 is 2.96 bits per heavy atom. The Hall–Kier alpha value is -1.55. The van der Waals surface area contributed by atoms with Crippen molar-refractivity contribution >= 4 is 29.7 Å². The van der Waals surface area contributed by atoms with Crippen LogP contribution in [0.5, 0.6) is 0 Å². The summed E-state index contributed by atoms with van der Waals surface area (Å²) in [5, 5.41) is 19.4. The molecule has 3 heterocycles. The molecule has 132 valence electrons. The van der Waals surface area contributed by atoms with Crippen molar-refractivity contribution in [1.82, 2.24) is 30.8 Å². The van der Waals surface area contributed by atoms with Gasteiger partial charge < -0.3 is 15.4 Å². The van der Waals surface area contributed by atoms with Gasteiger partial charge in [0, 0.05) is 19.1 Å². The van der Waals surface area contributed by atoms with Crippen LogP contribution in [0, 0.1) is 5.41 Å². The Morgan fingerprint density at radius 1 is 1.50 bits per heavy atom. The number of nitrogens with one attached hydrogen (secondary N) is 2. The summed E-state index contributed by atoms with van der Waals surface area (Å²) in [6.07, 6.45) is 3.47. The van der Waals surface area contributed by atoms with E-state index in [1.807, 2.05) is 11.4 Å². The predicted octanol–water partition coefficient (Wildman–Crippen LogP) is 0.892. The van der Waals surface area contributed by atoms with E-state index in [4.69, 9.17) is 4.74 Å². The van der Waals surface area contributed by atoms with E-state index in [0.29, 0.717) is 23.7 Å². The minimum Gasteiger partial charge on any atom is -0.384 e. The number of thiophene rings is 1. The summed E-state index contributed by atoms with van der Waals surface area (Å²) in [5.74, 6) is -0.0977. The summed E-state index contributed by atoms with van der Waals surface area (Å²) in [4.78, 5) is 13.2. The number of halogens is 1. The monoisotopic (exact) mass is 372 g/mol. The number of carbonyl (C=O) groups is 1. The fraction of sp³-hybridized carbons (Fsp3) is 0.571. The Balaban J connectivity index is 0.00000208. The minimum absolute atomic E-state index is 0. The number of ether oxygens (including phenoxy) is 1. The van der Waals surface area contributed by atoms with Crippen LogP contribution >= 0.6 is 23.7 Å². The number of rotatable bonds is 6. The average Bonchev–Trinajstić information content (AvgIpc) is 3.24. The van der Waals surface area contributed by atoms with Gasteiger partial charge in [0.05, 0.1) is 12.3 Å². The fourth-order valence-electron chi connectivity index (χ4n) is 2.91. The smallest absolute Gasteiger partial charge is 0.263 e. The lowest BCUT2D eigenvalue weighted by Crippen LogP contribution is -2.47. The Bertz CT molecular complexity index is 636. The Kier molecular flexibility index (Phi) is 6.67. The van der Waals surface area contributed by atoms with Crippen LogP contribution in [-0.4, -0.2) is 59.5 Å². The molecule has 0 saturated carbocycles. The fourth-order valence-corrected chi connectivity index (χ4v) is 3.70. The zero-order chi connectivity index (χ0) is 16.1. The van der Waals surface area contributed by atoms with E-state index in [2.05, 4.69) is 26.2 Å². The molecule has 1 amide bonds. The molecule has 2 aromatic heterocycles. The second kappa shape index (κ2) is 8.52. The first-order valence-electron chi connectivity index (χ1n) is 7.53. The van der Waals surface area contributed by atoms with E-state index in [1.54, 1.807) is 7.11 Å². The molecule has 24 heavy (non-hydrogen) atoms. The number of amides is 1. The molecule has 0 unspecified atom stereocenters. The van der Waals surface area contributed by atoms with Gasteiger partial charge in [-0.25, -0.2) is 0 Å². The molecule has 2 N–H and O–H groups in total. The molecule has 0 bridgehead atoms. The highest BCUT2D eigenvalue weighted by molar-refractivity contribution is 7.12. The average molecular weight is 373 g/mol. The molecule has 1 aliphatic rings. The van der Waals surface area contributed by atoms with E-state index in [0.717, 1.165) is 25.9 Å². The molecule has 0 aromatic carbocycles. The van der Waals surface area contributed by atoms with Crippen molar-refractivity contribution in [3.8, 4) is 5.69 Å². The number of hydrogen-bond donors (Lipinski definition) is 2. The normalized spacial score (nSPS) is 16.4. The maximum atomic E-state index is 12.6. The molecule has 10 heteroatoms. The van der Waals surface area contributed by atoms with Crippen molar-refractivity contribution < 1.29 is 9.53 Å². The molecule has 2 aromatic rings. The SMILES string of the molecule is COCC1(CNC(=O)c2sccc2-n2cnnn2)CCNCC1.Cl. The molecule has 0 atom stereocenters. The van der Waals surface area contributed by atoms with Gasteiger partial charge in [0.15, 0.2) is 0 Å². The van der Waals surface area contributed by atoms with Crippen molar-refractivity contribution in [2.75, 3.05) is 33.4 Å². The van der Waals surface area contributed by atoms with E-state index in [1.165, 1.54) is 22.3 Å². The molecule has 0 aliphatic carbocycles. The van der Waals surface area contributed by atoms with Gasteiger partial charge in [0.25, 0.3) is 5.91 Å².